The third-order valence-electron chi connectivity index (χ3n) is 3.40. The number of carbonyl (C=O) groups excluding carboxylic acids is 1. The second kappa shape index (κ2) is 7.36. The number of benzene rings is 1. The molecule has 0 saturated carbocycles. The van der Waals surface area contributed by atoms with E-state index in [4.69, 9.17) is 5.11 Å². The molecule has 0 aliphatic carbocycles. The molecule has 23 heavy (non-hydrogen) atoms. The van der Waals surface area contributed by atoms with Crippen LogP contribution in [0.3, 0.4) is 0 Å². The van der Waals surface area contributed by atoms with E-state index in [1.807, 2.05) is 0 Å². The summed E-state index contributed by atoms with van der Waals surface area (Å²) in [5.41, 5.74) is 0.387. The van der Waals surface area contributed by atoms with Crippen molar-refractivity contribution in [1.29, 1.82) is 0 Å². The number of thiol groups is 1. The van der Waals surface area contributed by atoms with Gasteiger partial charge in [0.1, 0.15) is 0 Å². The fourth-order valence-corrected chi connectivity index (χ4v) is 2.41. The molecular formula is C13H15F2N3O4S. The molecule has 0 radical (unpaired) electrons. The predicted octanol–water partition coefficient (Wildman–Crippen LogP) is 1.98. The number of rotatable bonds is 4. The number of nitrogens with zero attached hydrogens (tertiary/aromatic N) is 2. The fourth-order valence-electron chi connectivity index (χ4n) is 2.22. The minimum Gasteiger partial charge on any atom is -0.465 e. The molecule has 2 amide bonds. The van der Waals surface area contributed by atoms with Gasteiger partial charge in [-0.3, -0.25) is 4.79 Å². The minimum atomic E-state index is -3.03. The molecule has 0 spiro atoms. The highest BCUT2D eigenvalue weighted by atomic mass is 32.1. The van der Waals surface area contributed by atoms with E-state index in [9.17, 15) is 18.4 Å². The number of carboxylic acid groups (broad SMARTS) is 1. The number of hydrogen-bond acceptors (Lipinski definition) is 5. The molecule has 0 unspecified atom stereocenters. The van der Waals surface area contributed by atoms with Crippen molar-refractivity contribution >= 4 is 30.5 Å². The van der Waals surface area contributed by atoms with Gasteiger partial charge in [0.25, 0.3) is 5.91 Å². The Morgan fingerprint density at radius 2 is 1.83 bits per heavy atom. The first-order valence-electron chi connectivity index (χ1n) is 6.68. The van der Waals surface area contributed by atoms with Crippen molar-refractivity contribution in [2.24, 2.45) is 0 Å². The van der Waals surface area contributed by atoms with Crippen LogP contribution in [-0.2, 0) is 0 Å². The lowest BCUT2D eigenvalue weighted by molar-refractivity contribution is -0.0493. The maximum atomic E-state index is 12.4. The number of piperazine rings is 1. The summed E-state index contributed by atoms with van der Waals surface area (Å²) in [6, 6.07) is 4.07. The first kappa shape index (κ1) is 17.1. The van der Waals surface area contributed by atoms with Crippen molar-refractivity contribution in [3.63, 3.8) is 0 Å². The van der Waals surface area contributed by atoms with Crippen molar-refractivity contribution in [1.82, 2.24) is 9.80 Å². The SMILES string of the molecule is O=C(O)N1CCN(C(=O)c2ccc(NS)c(OC(F)F)c2)CC1. The number of nitrogens with one attached hydrogen (secondary N) is 1. The Hall–Kier alpha value is -2.23. The Morgan fingerprint density at radius 1 is 1.22 bits per heavy atom. The Bertz CT molecular complexity index is 595. The van der Waals surface area contributed by atoms with Gasteiger partial charge in [0, 0.05) is 31.7 Å². The summed E-state index contributed by atoms with van der Waals surface area (Å²) in [5.74, 6) is -0.565. The van der Waals surface area contributed by atoms with Crippen LogP contribution in [0.25, 0.3) is 0 Å². The molecule has 1 aromatic rings. The molecule has 1 fully saturated rings. The molecule has 1 saturated heterocycles. The van der Waals surface area contributed by atoms with Crippen LogP contribution < -0.4 is 9.46 Å². The van der Waals surface area contributed by atoms with Crippen LogP contribution in [0.5, 0.6) is 5.75 Å². The van der Waals surface area contributed by atoms with Gasteiger partial charge in [-0.25, -0.2) is 4.79 Å². The van der Waals surface area contributed by atoms with Gasteiger partial charge in [-0.2, -0.15) is 8.78 Å². The predicted molar refractivity (Wildman–Crippen MR) is 81.2 cm³/mol. The quantitative estimate of drug-likeness (QED) is 0.726. The summed E-state index contributed by atoms with van der Waals surface area (Å²) >= 11 is 3.79. The summed E-state index contributed by atoms with van der Waals surface area (Å²) < 4.78 is 31.6. The van der Waals surface area contributed by atoms with Gasteiger partial charge in [0.05, 0.1) is 5.69 Å². The number of ether oxygens (including phenoxy) is 1. The topological polar surface area (TPSA) is 82.1 Å². The Kier molecular flexibility index (Phi) is 5.48. The maximum absolute atomic E-state index is 12.4. The van der Waals surface area contributed by atoms with E-state index in [1.165, 1.54) is 28.0 Å². The van der Waals surface area contributed by atoms with Gasteiger partial charge in [-0.1, -0.05) is 12.8 Å². The summed E-state index contributed by atoms with van der Waals surface area (Å²) in [4.78, 5) is 25.9. The van der Waals surface area contributed by atoms with E-state index in [1.54, 1.807) is 0 Å². The Labute approximate surface area is 136 Å². The Morgan fingerprint density at radius 3 is 2.35 bits per heavy atom. The highest BCUT2D eigenvalue weighted by Gasteiger charge is 2.25. The largest absolute Gasteiger partial charge is 0.465 e. The van der Waals surface area contributed by atoms with E-state index < -0.39 is 12.7 Å². The van der Waals surface area contributed by atoms with Crippen LogP contribution >= 0.6 is 12.8 Å². The van der Waals surface area contributed by atoms with Crippen molar-refractivity contribution in [2.75, 3.05) is 30.9 Å². The zero-order chi connectivity index (χ0) is 17.0. The van der Waals surface area contributed by atoms with Gasteiger partial charge >= 0.3 is 12.7 Å². The van der Waals surface area contributed by atoms with E-state index in [2.05, 4.69) is 22.3 Å². The zero-order valence-electron chi connectivity index (χ0n) is 11.9. The third-order valence-corrected chi connectivity index (χ3v) is 3.64. The van der Waals surface area contributed by atoms with Crippen LogP contribution in [0.4, 0.5) is 19.3 Å². The molecule has 2 N–H and O–H groups in total. The molecule has 1 aliphatic rings. The molecule has 126 valence electrons. The second-order valence-corrected chi connectivity index (χ2v) is 4.99. The molecule has 2 rings (SSSR count). The van der Waals surface area contributed by atoms with Crippen molar-refractivity contribution in [3.05, 3.63) is 23.8 Å². The van der Waals surface area contributed by atoms with Crippen molar-refractivity contribution in [3.8, 4) is 5.75 Å². The third kappa shape index (κ3) is 4.15. The van der Waals surface area contributed by atoms with Crippen molar-refractivity contribution < 1.29 is 28.2 Å². The fraction of sp³-hybridized carbons (Fsp3) is 0.385. The number of alkyl halides is 2. The minimum absolute atomic E-state index is 0.178. The molecule has 7 nitrogen and oxygen atoms in total. The van der Waals surface area contributed by atoms with Crippen LogP contribution in [0.1, 0.15) is 10.4 Å². The Balaban J connectivity index is 2.12. The average Bonchev–Trinajstić information content (AvgIpc) is 2.53. The van der Waals surface area contributed by atoms with E-state index >= 15 is 0 Å². The molecule has 1 aromatic carbocycles. The molecule has 1 heterocycles. The maximum Gasteiger partial charge on any atom is 0.407 e. The second-order valence-electron chi connectivity index (χ2n) is 4.76. The molecule has 10 heteroatoms. The highest BCUT2D eigenvalue weighted by Crippen LogP contribution is 2.28. The van der Waals surface area contributed by atoms with E-state index in [-0.39, 0.29) is 49.1 Å². The summed E-state index contributed by atoms with van der Waals surface area (Å²) in [5, 5.41) is 8.88. The lowest BCUT2D eigenvalue weighted by Gasteiger charge is -2.33. The smallest absolute Gasteiger partial charge is 0.407 e. The highest BCUT2D eigenvalue weighted by molar-refractivity contribution is 7.81. The summed E-state index contributed by atoms with van der Waals surface area (Å²) in [7, 11) is 0. The van der Waals surface area contributed by atoms with Gasteiger partial charge in [-0.05, 0) is 18.2 Å². The normalized spacial score (nSPS) is 14.8. The van der Waals surface area contributed by atoms with Crippen LogP contribution in [0.2, 0.25) is 0 Å². The number of amides is 2. The van der Waals surface area contributed by atoms with E-state index in [0.717, 1.165) is 0 Å². The number of anilines is 1. The molecule has 0 bridgehead atoms. The summed E-state index contributed by atoms with van der Waals surface area (Å²) in [6.07, 6.45) is -1.03. The van der Waals surface area contributed by atoms with Crippen LogP contribution in [0.15, 0.2) is 18.2 Å². The molecule has 0 aromatic heterocycles. The van der Waals surface area contributed by atoms with Crippen LogP contribution in [0, 0.1) is 0 Å². The van der Waals surface area contributed by atoms with Gasteiger partial charge < -0.3 is 24.4 Å². The molecule has 0 atom stereocenters. The van der Waals surface area contributed by atoms with Crippen molar-refractivity contribution in [2.45, 2.75) is 6.61 Å². The van der Waals surface area contributed by atoms with Gasteiger partial charge in [-0.15, -0.1) is 0 Å². The monoisotopic (exact) mass is 347 g/mol. The first-order chi connectivity index (χ1) is 10.9. The number of carbonyl (C=O) groups is 2. The zero-order valence-corrected chi connectivity index (χ0v) is 12.8. The standard InChI is InChI=1S/C13H15F2N3O4S/c14-12(15)22-10-7-8(1-2-9(10)16-23)11(19)17-3-5-18(6-4-17)13(20)21/h1-2,7,12,16,23H,3-6H2,(H,20,21). The van der Waals surface area contributed by atoms with Gasteiger partial charge in [0.15, 0.2) is 5.75 Å². The number of hydrogen-bond donors (Lipinski definition) is 3. The summed E-state index contributed by atoms with van der Waals surface area (Å²) in [6.45, 7) is -2.14. The lowest BCUT2D eigenvalue weighted by Crippen LogP contribution is -2.50. The molecular weight excluding hydrogens is 332 g/mol. The van der Waals surface area contributed by atoms with E-state index in [0.29, 0.717) is 0 Å². The van der Waals surface area contributed by atoms with Gasteiger partial charge in [0.2, 0.25) is 0 Å². The average molecular weight is 347 g/mol. The number of halogens is 2. The molecule has 1 aliphatic heterocycles. The lowest BCUT2D eigenvalue weighted by atomic mass is 10.1. The first-order valence-corrected chi connectivity index (χ1v) is 7.13. The van der Waals surface area contributed by atoms with Crippen LogP contribution in [-0.4, -0.2) is 59.7 Å².